The van der Waals surface area contributed by atoms with Crippen LogP contribution in [0.2, 0.25) is 0 Å². The van der Waals surface area contributed by atoms with E-state index in [2.05, 4.69) is 162 Å². The van der Waals surface area contributed by atoms with Crippen LogP contribution >= 0.6 is 11.3 Å². The minimum Gasteiger partial charge on any atom is -0.265 e. The summed E-state index contributed by atoms with van der Waals surface area (Å²) in [5.74, 6) is 1.49. The summed E-state index contributed by atoms with van der Waals surface area (Å²) < 4.78 is 11.9. The molecule has 3 rings (SSSR count). The van der Waals surface area contributed by atoms with Gasteiger partial charge in [-0.3, -0.25) is 9.97 Å². The Balaban J connectivity index is -0.0000000985. The van der Waals surface area contributed by atoms with Crippen molar-refractivity contribution >= 4 is 11.3 Å². The van der Waals surface area contributed by atoms with E-state index in [9.17, 15) is 4.39 Å². The van der Waals surface area contributed by atoms with E-state index >= 15 is 0 Å². The van der Waals surface area contributed by atoms with Crippen LogP contribution < -0.4 is 0 Å². The van der Waals surface area contributed by atoms with E-state index in [0.717, 1.165) is 11.8 Å². The van der Waals surface area contributed by atoms with Crippen LogP contribution in [0.15, 0.2) is 78.0 Å². The molecule has 0 bridgehead atoms. The maximum absolute atomic E-state index is 11.9. The summed E-state index contributed by atoms with van der Waals surface area (Å²) in [4.78, 5) is 7.53. The van der Waals surface area contributed by atoms with Crippen LogP contribution in [0.1, 0.15) is 152 Å². The van der Waals surface area contributed by atoms with E-state index in [1.165, 1.54) is 12.1 Å². The van der Waals surface area contributed by atoms with Gasteiger partial charge in [0.2, 0.25) is 0 Å². The molecule has 0 saturated carbocycles. The van der Waals surface area contributed by atoms with Gasteiger partial charge in [0.25, 0.3) is 0 Å². The van der Waals surface area contributed by atoms with Crippen molar-refractivity contribution < 1.29 is 4.39 Å². The molecule has 2 heterocycles. The lowest BCUT2D eigenvalue weighted by Gasteiger charge is -2.05. The van der Waals surface area contributed by atoms with Gasteiger partial charge in [0, 0.05) is 24.0 Å². The van der Waals surface area contributed by atoms with Gasteiger partial charge < -0.3 is 0 Å². The number of pyridine rings is 1. The number of hydrogen-bond acceptors (Lipinski definition) is 3. The van der Waals surface area contributed by atoms with Crippen molar-refractivity contribution in [1.82, 2.24) is 9.97 Å². The summed E-state index contributed by atoms with van der Waals surface area (Å²) in [6.07, 6.45) is 5.27. The van der Waals surface area contributed by atoms with Crippen molar-refractivity contribution in [2.75, 3.05) is 0 Å². The molecule has 0 unspecified atom stereocenters. The van der Waals surface area contributed by atoms with Crippen molar-refractivity contribution in [2.45, 2.75) is 152 Å². The monoisotopic (exact) mass is 665 g/mol. The van der Waals surface area contributed by atoms with Crippen LogP contribution in [-0.2, 0) is 0 Å². The predicted molar refractivity (Wildman–Crippen MR) is 214 cm³/mol. The second-order valence-electron chi connectivity index (χ2n) is 18.5. The SMILES string of the molecule is CC(C)(C)C.CC(C)(C)C.CC(C)(C)C.CC(C)(C)C.CC(C)C.CC(C)C.Fc1ccccc1.c1ccncc1.c1cscn1. The van der Waals surface area contributed by atoms with E-state index < -0.39 is 0 Å². The van der Waals surface area contributed by atoms with Crippen LogP contribution in [0.5, 0.6) is 0 Å². The van der Waals surface area contributed by atoms with Gasteiger partial charge in [0.15, 0.2) is 0 Å². The highest BCUT2D eigenvalue weighted by atomic mass is 32.1. The van der Waals surface area contributed by atoms with Gasteiger partial charge in [-0.2, -0.15) is 0 Å². The Kier molecular flexibility index (Phi) is 41.9. The van der Waals surface area contributed by atoms with E-state index in [-0.39, 0.29) is 5.82 Å². The van der Waals surface area contributed by atoms with Gasteiger partial charge in [-0.25, -0.2) is 4.39 Å². The number of benzene rings is 1. The molecule has 0 N–H and O–H groups in total. The minimum absolute atomic E-state index is 0.178. The first-order chi connectivity index (χ1) is 20.4. The standard InChI is InChI=1S/C6H5F.C5H5N.4C5H12.2C4H10.C3H3NS/c7-6-4-2-1-3-5-6;1-2-4-6-5-3-1;4*1-5(2,3)4;2*1-4(2)3;1-2-5-3-4-1/h1-5H;1-5H;4*1-4H3;2*4H,1-3H3;1-3H. The number of hydrogen-bond donors (Lipinski definition) is 0. The zero-order valence-corrected chi connectivity index (χ0v) is 35.7. The number of nitrogens with zero attached hydrogens (tertiary/aromatic N) is 2. The zero-order chi connectivity index (χ0) is 38.0. The molecule has 4 heteroatoms. The lowest BCUT2D eigenvalue weighted by molar-refractivity contribution is 0.469. The first-order valence-corrected chi connectivity index (χ1v) is 17.7. The lowest BCUT2D eigenvalue weighted by atomic mass is 10.0. The maximum Gasteiger partial charge on any atom is 0.123 e. The number of halogens is 1. The van der Waals surface area contributed by atoms with Gasteiger partial charge in [-0.1, -0.05) is 177 Å². The molecule has 3 aromatic rings. The molecule has 272 valence electrons. The molecule has 0 amide bonds. The van der Waals surface area contributed by atoms with Gasteiger partial charge in [0.1, 0.15) is 5.82 Å². The summed E-state index contributed by atoms with van der Waals surface area (Å²) in [7, 11) is 0. The average Bonchev–Trinajstić information content (AvgIpc) is 3.36. The van der Waals surface area contributed by atoms with E-state index in [1.54, 1.807) is 53.6 Å². The van der Waals surface area contributed by atoms with Crippen molar-refractivity contribution in [3.8, 4) is 0 Å². The van der Waals surface area contributed by atoms with Gasteiger partial charge in [-0.15, -0.1) is 11.3 Å². The largest absolute Gasteiger partial charge is 0.265 e. The molecule has 0 atom stereocenters. The predicted octanol–water partition coefficient (Wildman–Crippen LogP) is 15.6. The fourth-order valence-corrected chi connectivity index (χ4v) is 1.25. The Hall–Kier alpha value is -2.07. The molecule has 0 radical (unpaired) electrons. The summed E-state index contributed by atoms with van der Waals surface area (Å²) >= 11 is 1.60. The van der Waals surface area contributed by atoms with E-state index in [1.807, 2.05) is 23.6 Å². The molecule has 2 aromatic heterocycles. The fraction of sp³-hybridized carbons (Fsp3) is 0.667. The van der Waals surface area contributed by atoms with Crippen molar-refractivity contribution in [3.05, 3.63) is 83.8 Å². The first kappa shape index (κ1) is 56.3. The Labute approximate surface area is 294 Å². The Morgan fingerprint density at radius 2 is 0.717 bits per heavy atom. The van der Waals surface area contributed by atoms with E-state index in [0.29, 0.717) is 21.7 Å². The number of rotatable bonds is 0. The molecule has 46 heavy (non-hydrogen) atoms. The molecule has 0 aliphatic carbocycles. The summed E-state index contributed by atoms with van der Waals surface area (Å²) in [5, 5.41) is 1.93. The topological polar surface area (TPSA) is 25.8 Å². The molecular weight excluding hydrogens is 584 g/mol. The summed E-state index contributed by atoms with van der Waals surface area (Å²) in [6, 6.07) is 13.7. The molecule has 0 aliphatic rings. The average molecular weight is 665 g/mol. The smallest absolute Gasteiger partial charge is 0.123 e. The van der Waals surface area contributed by atoms with Gasteiger partial charge in [-0.05, 0) is 57.8 Å². The van der Waals surface area contributed by atoms with Crippen molar-refractivity contribution in [2.24, 2.45) is 33.5 Å². The van der Waals surface area contributed by atoms with Crippen LogP contribution in [0, 0.1) is 39.3 Å². The summed E-state index contributed by atoms with van der Waals surface area (Å²) in [5.41, 5.74) is 3.79. The van der Waals surface area contributed by atoms with Gasteiger partial charge >= 0.3 is 0 Å². The van der Waals surface area contributed by atoms with Crippen molar-refractivity contribution in [3.63, 3.8) is 0 Å². The third kappa shape index (κ3) is 245. The minimum atomic E-state index is -0.178. The molecular formula is C42H81FN2S. The number of thiazole rings is 1. The fourth-order valence-electron chi connectivity index (χ4n) is 0.903. The first-order valence-electron chi connectivity index (χ1n) is 16.7. The highest BCUT2D eigenvalue weighted by Crippen LogP contribution is 2.09. The number of aromatic nitrogens is 2. The van der Waals surface area contributed by atoms with Crippen LogP contribution in [0.3, 0.4) is 0 Å². The van der Waals surface area contributed by atoms with Crippen LogP contribution in [0.25, 0.3) is 0 Å². The highest BCUT2D eigenvalue weighted by Gasteiger charge is 1.97. The molecule has 2 nitrogen and oxygen atoms in total. The highest BCUT2D eigenvalue weighted by molar-refractivity contribution is 7.07. The third-order valence-corrected chi connectivity index (χ3v) is 2.17. The van der Waals surface area contributed by atoms with Gasteiger partial charge in [0.05, 0.1) is 5.51 Å². The molecule has 0 spiro atoms. The van der Waals surface area contributed by atoms with Crippen molar-refractivity contribution in [1.29, 1.82) is 0 Å². The zero-order valence-electron chi connectivity index (χ0n) is 34.8. The second kappa shape index (κ2) is 34.3. The van der Waals surface area contributed by atoms with Crippen LogP contribution in [0.4, 0.5) is 4.39 Å². The lowest BCUT2D eigenvalue weighted by Crippen LogP contribution is -1.93. The summed E-state index contributed by atoms with van der Waals surface area (Å²) in [6.45, 7) is 48.0. The third-order valence-electron chi connectivity index (χ3n) is 1.65. The van der Waals surface area contributed by atoms with E-state index in [4.69, 9.17) is 0 Å². The quantitative estimate of drug-likeness (QED) is 0.239. The molecule has 1 aromatic carbocycles. The Morgan fingerprint density at radius 1 is 0.457 bits per heavy atom. The molecule has 0 aliphatic heterocycles. The van der Waals surface area contributed by atoms with Crippen LogP contribution in [-0.4, -0.2) is 9.97 Å². The molecule has 0 fully saturated rings. The molecule has 0 saturated heterocycles. The Bertz CT molecular complexity index is 752. The Morgan fingerprint density at radius 3 is 0.804 bits per heavy atom. The maximum atomic E-state index is 11.9. The second-order valence-corrected chi connectivity index (χ2v) is 19.2. The normalized spacial score (nSPS) is 10.0.